The van der Waals surface area contributed by atoms with Crippen LogP contribution in [0.1, 0.15) is 40.5 Å². The van der Waals surface area contributed by atoms with E-state index >= 15 is 0 Å². The van der Waals surface area contributed by atoms with Gasteiger partial charge in [0.1, 0.15) is 0 Å². The Kier molecular flexibility index (Phi) is 5.26. The second kappa shape index (κ2) is 6.24. The number of carbonyl (C=O) groups is 1. The lowest BCUT2D eigenvalue weighted by molar-refractivity contribution is -0.124. The Labute approximate surface area is 99.6 Å². The maximum atomic E-state index is 11.5. The minimum Gasteiger partial charge on any atom is -0.356 e. The van der Waals surface area contributed by atoms with E-state index in [0.29, 0.717) is 12.0 Å². The Morgan fingerprint density at radius 2 is 2.06 bits per heavy atom. The Morgan fingerprint density at radius 3 is 2.62 bits per heavy atom. The van der Waals surface area contributed by atoms with Crippen LogP contribution in [0.5, 0.6) is 0 Å². The summed E-state index contributed by atoms with van der Waals surface area (Å²) in [6, 6.07) is 0.628. The molecule has 1 rings (SSSR count). The van der Waals surface area contributed by atoms with E-state index in [1.807, 2.05) is 13.8 Å². The van der Waals surface area contributed by atoms with Gasteiger partial charge in [-0.15, -0.1) is 0 Å². The first-order valence-electron chi connectivity index (χ1n) is 6.52. The topological polar surface area (TPSA) is 32.3 Å². The van der Waals surface area contributed by atoms with E-state index in [2.05, 4.69) is 24.1 Å². The van der Waals surface area contributed by atoms with Gasteiger partial charge >= 0.3 is 0 Å². The molecule has 0 unspecified atom stereocenters. The molecule has 1 saturated heterocycles. The molecule has 1 atom stereocenters. The predicted octanol–water partition coefficient (Wildman–Crippen LogP) is 1.88. The second-order valence-electron chi connectivity index (χ2n) is 5.50. The monoisotopic (exact) mass is 226 g/mol. The SMILES string of the molecule is CC(C)C(=O)NC[C@H]1CCCN(C(C)C)C1. The summed E-state index contributed by atoms with van der Waals surface area (Å²) in [6.45, 7) is 11.6. The zero-order valence-electron chi connectivity index (χ0n) is 11.1. The first-order valence-corrected chi connectivity index (χ1v) is 6.52. The molecule has 0 aliphatic carbocycles. The zero-order valence-corrected chi connectivity index (χ0v) is 11.1. The van der Waals surface area contributed by atoms with Gasteiger partial charge in [-0.25, -0.2) is 0 Å². The highest BCUT2D eigenvalue weighted by Crippen LogP contribution is 2.17. The Hall–Kier alpha value is -0.570. The van der Waals surface area contributed by atoms with Crippen molar-refractivity contribution >= 4 is 5.91 Å². The minimum atomic E-state index is 0.102. The molecule has 0 radical (unpaired) electrons. The van der Waals surface area contributed by atoms with Crippen LogP contribution in [0.3, 0.4) is 0 Å². The summed E-state index contributed by atoms with van der Waals surface area (Å²) in [4.78, 5) is 14.0. The molecule has 1 aliphatic heterocycles. The van der Waals surface area contributed by atoms with E-state index in [1.54, 1.807) is 0 Å². The molecule has 1 heterocycles. The fourth-order valence-electron chi connectivity index (χ4n) is 2.18. The van der Waals surface area contributed by atoms with Gasteiger partial charge in [-0.2, -0.15) is 0 Å². The van der Waals surface area contributed by atoms with Crippen LogP contribution in [0.4, 0.5) is 0 Å². The number of nitrogens with one attached hydrogen (secondary N) is 1. The normalized spacial score (nSPS) is 22.8. The summed E-state index contributed by atoms with van der Waals surface area (Å²) >= 11 is 0. The van der Waals surface area contributed by atoms with Crippen molar-refractivity contribution in [3.05, 3.63) is 0 Å². The maximum absolute atomic E-state index is 11.5. The van der Waals surface area contributed by atoms with Gasteiger partial charge < -0.3 is 10.2 Å². The van der Waals surface area contributed by atoms with Crippen molar-refractivity contribution in [2.24, 2.45) is 11.8 Å². The molecule has 0 bridgehead atoms. The number of amides is 1. The first-order chi connectivity index (χ1) is 7.50. The van der Waals surface area contributed by atoms with Crippen LogP contribution in [0.2, 0.25) is 0 Å². The Bertz CT molecular complexity index is 226. The standard InChI is InChI=1S/C13H26N2O/c1-10(2)13(16)14-8-12-6-5-7-15(9-12)11(3)4/h10-12H,5-9H2,1-4H3,(H,14,16)/t12-/m1/s1. The molecule has 0 aromatic heterocycles. The van der Waals surface area contributed by atoms with Crippen LogP contribution >= 0.6 is 0 Å². The van der Waals surface area contributed by atoms with Crippen molar-refractivity contribution in [3.8, 4) is 0 Å². The lowest BCUT2D eigenvalue weighted by Gasteiger charge is -2.35. The van der Waals surface area contributed by atoms with Crippen molar-refractivity contribution in [1.82, 2.24) is 10.2 Å². The molecule has 0 aromatic carbocycles. The second-order valence-corrected chi connectivity index (χ2v) is 5.50. The minimum absolute atomic E-state index is 0.102. The number of rotatable bonds is 4. The van der Waals surface area contributed by atoms with Crippen molar-refractivity contribution in [3.63, 3.8) is 0 Å². The summed E-state index contributed by atoms with van der Waals surface area (Å²) in [5.74, 6) is 0.922. The van der Waals surface area contributed by atoms with Crippen LogP contribution in [0, 0.1) is 11.8 Å². The average molecular weight is 226 g/mol. The van der Waals surface area contributed by atoms with Crippen molar-refractivity contribution in [2.45, 2.75) is 46.6 Å². The Morgan fingerprint density at radius 1 is 1.38 bits per heavy atom. The number of hydrogen-bond acceptors (Lipinski definition) is 2. The van der Waals surface area contributed by atoms with Crippen LogP contribution in [-0.4, -0.2) is 36.5 Å². The van der Waals surface area contributed by atoms with Crippen LogP contribution in [0.15, 0.2) is 0 Å². The molecule has 0 saturated carbocycles. The third kappa shape index (κ3) is 4.12. The molecule has 3 nitrogen and oxygen atoms in total. The molecule has 1 amide bonds. The molecule has 0 spiro atoms. The molecule has 1 fully saturated rings. The number of carbonyl (C=O) groups excluding carboxylic acids is 1. The molecule has 16 heavy (non-hydrogen) atoms. The highest BCUT2D eigenvalue weighted by atomic mass is 16.1. The fraction of sp³-hybridized carbons (Fsp3) is 0.923. The van der Waals surface area contributed by atoms with E-state index in [4.69, 9.17) is 0 Å². The van der Waals surface area contributed by atoms with Crippen molar-refractivity contribution in [2.75, 3.05) is 19.6 Å². The quantitative estimate of drug-likeness (QED) is 0.794. The van der Waals surface area contributed by atoms with Crippen molar-refractivity contribution in [1.29, 1.82) is 0 Å². The summed E-state index contributed by atoms with van der Waals surface area (Å²) in [6.07, 6.45) is 2.52. The lowest BCUT2D eigenvalue weighted by Crippen LogP contribution is -2.44. The van der Waals surface area contributed by atoms with Crippen LogP contribution < -0.4 is 5.32 Å². The summed E-state index contributed by atoms with van der Waals surface area (Å²) < 4.78 is 0. The first kappa shape index (κ1) is 13.5. The van der Waals surface area contributed by atoms with Crippen molar-refractivity contribution < 1.29 is 4.79 Å². The van der Waals surface area contributed by atoms with E-state index in [1.165, 1.54) is 19.4 Å². The largest absolute Gasteiger partial charge is 0.356 e. The predicted molar refractivity (Wildman–Crippen MR) is 67.3 cm³/mol. The van der Waals surface area contributed by atoms with Gasteiger partial charge in [0, 0.05) is 25.0 Å². The fourth-order valence-corrected chi connectivity index (χ4v) is 2.18. The lowest BCUT2D eigenvalue weighted by atomic mass is 9.97. The molecule has 1 N–H and O–H groups in total. The molecule has 0 aromatic rings. The third-order valence-electron chi connectivity index (χ3n) is 3.37. The number of hydrogen-bond donors (Lipinski definition) is 1. The third-order valence-corrected chi connectivity index (χ3v) is 3.37. The number of nitrogens with zero attached hydrogens (tertiary/aromatic N) is 1. The van der Waals surface area contributed by atoms with Gasteiger partial charge in [0.2, 0.25) is 5.91 Å². The summed E-state index contributed by atoms with van der Waals surface area (Å²) in [5.41, 5.74) is 0. The van der Waals surface area contributed by atoms with E-state index < -0.39 is 0 Å². The van der Waals surface area contributed by atoms with Gasteiger partial charge in [0.25, 0.3) is 0 Å². The van der Waals surface area contributed by atoms with E-state index in [0.717, 1.165) is 13.1 Å². The van der Waals surface area contributed by atoms with E-state index in [9.17, 15) is 4.79 Å². The molecule has 3 heteroatoms. The zero-order chi connectivity index (χ0) is 12.1. The van der Waals surface area contributed by atoms with Crippen LogP contribution in [0.25, 0.3) is 0 Å². The van der Waals surface area contributed by atoms with Gasteiger partial charge in [0.05, 0.1) is 0 Å². The highest BCUT2D eigenvalue weighted by Gasteiger charge is 2.22. The molecule has 94 valence electrons. The summed E-state index contributed by atoms with van der Waals surface area (Å²) in [7, 11) is 0. The van der Waals surface area contributed by atoms with Crippen LogP contribution in [-0.2, 0) is 4.79 Å². The Balaban J connectivity index is 2.29. The maximum Gasteiger partial charge on any atom is 0.222 e. The summed E-state index contributed by atoms with van der Waals surface area (Å²) in [5, 5.41) is 3.05. The van der Waals surface area contributed by atoms with Gasteiger partial charge in [-0.1, -0.05) is 13.8 Å². The average Bonchev–Trinajstić information content (AvgIpc) is 2.26. The smallest absolute Gasteiger partial charge is 0.222 e. The van der Waals surface area contributed by atoms with Gasteiger partial charge in [0.15, 0.2) is 0 Å². The molecular formula is C13H26N2O. The number of likely N-dealkylation sites (tertiary alicyclic amines) is 1. The van der Waals surface area contributed by atoms with Gasteiger partial charge in [-0.05, 0) is 39.2 Å². The van der Waals surface area contributed by atoms with Gasteiger partial charge in [-0.3, -0.25) is 4.79 Å². The highest BCUT2D eigenvalue weighted by molar-refractivity contribution is 5.77. The number of piperidine rings is 1. The molecule has 1 aliphatic rings. The van der Waals surface area contributed by atoms with E-state index in [-0.39, 0.29) is 11.8 Å². The molecular weight excluding hydrogens is 200 g/mol.